The molecule has 2 aromatic rings. The van der Waals surface area contributed by atoms with Crippen LogP contribution in [0.5, 0.6) is 11.5 Å². The highest BCUT2D eigenvalue weighted by Gasteiger charge is 2.23. The molecule has 2 aliphatic heterocycles. The molecule has 0 bridgehead atoms. The summed E-state index contributed by atoms with van der Waals surface area (Å²) < 4.78 is 18.9. The van der Waals surface area contributed by atoms with Crippen LogP contribution in [0.25, 0.3) is 0 Å². The van der Waals surface area contributed by atoms with Crippen molar-refractivity contribution in [3.8, 4) is 11.5 Å². The molecule has 1 saturated heterocycles. The molecule has 10 heteroatoms. The number of rotatable bonds is 8. The number of carbonyl (C=O) groups is 1. The highest BCUT2D eigenvalue weighted by Crippen LogP contribution is 2.34. The first-order valence-electron chi connectivity index (χ1n) is 10.8. The maximum Gasteiger partial charge on any atom is 0.230 e. The SMILES string of the molecule is CC(C)[C@H](NC(=O)CSc1nnnn1C[C@@H]1CCCO1)c1ccc2c(c1)OCCCO2. The maximum absolute atomic E-state index is 12.7. The molecule has 0 aliphatic carbocycles. The Morgan fingerprint density at radius 3 is 2.84 bits per heavy atom. The van der Waals surface area contributed by atoms with Gasteiger partial charge in [-0.05, 0) is 46.9 Å². The third-order valence-electron chi connectivity index (χ3n) is 5.35. The van der Waals surface area contributed by atoms with E-state index in [1.165, 1.54) is 11.8 Å². The first-order valence-corrected chi connectivity index (χ1v) is 11.8. The maximum atomic E-state index is 12.7. The molecule has 1 aromatic carbocycles. The van der Waals surface area contributed by atoms with E-state index >= 15 is 0 Å². The summed E-state index contributed by atoms with van der Waals surface area (Å²) >= 11 is 1.33. The molecule has 0 saturated carbocycles. The Kier molecular flexibility index (Phi) is 7.29. The minimum Gasteiger partial charge on any atom is -0.490 e. The average Bonchev–Trinajstić information content (AvgIpc) is 3.37. The van der Waals surface area contributed by atoms with Crippen molar-refractivity contribution < 1.29 is 19.0 Å². The molecule has 2 atom stereocenters. The standard InChI is InChI=1S/C21H29N5O4S/c1-14(2)20(15-6-7-17-18(11-15)30-10-4-9-29-17)22-19(27)13-31-21-23-24-25-26(21)12-16-5-3-8-28-16/h6-7,11,14,16,20H,3-5,8-10,12-13H2,1-2H3,(H,22,27)/t16-,20-/m0/s1. The number of hydrogen-bond donors (Lipinski definition) is 1. The van der Waals surface area contributed by atoms with Crippen LogP contribution in [0.15, 0.2) is 23.4 Å². The Bertz CT molecular complexity index is 884. The second-order valence-electron chi connectivity index (χ2n) is 8.11. The van der Waals surface area contributed by atoms with Gasteiger partial charge in [0.2, 0.25) is 11.1 Å². The van der Waals surface area contributed by atoms with Crippen molar-refractivity contribution in [3.05, 3.63) is 23.8 Å². The first kappa shape index (κ1) is 21.9. The number of tetrazole rings is 1. The van der Waals surface area contributed by atoms with Crippen molar-refractivity contribution in [3.63, 3.8) is 0 Å². The van der Waals surface area contributed by atoms with Gasteiger partial charge in [0, 0.05) is 13.0 Å². The smallest absolute Gasteiger partial charge is 0.230 e. The van der Waals surface area contributed by atoms with Gasteiger partial charge in [-0.3, -0.25) is 4.79 Å². The van der Waals surface area contributed by atoms with E-state index in [9.17, 15) is 4.79 Å². The zero-order valence-corrected chi connectivity index (χ0v) is 18.8. The summed E-state index contributed by atoms with van der Waals surface area (Å²) in [4.78, 5) is 12.7. The van der Waals surface area contributed by atoms with Crippen LogP contribution >= 0.6 is 11.8 Å². The van der Waals surface area contributed by atoms with Gasteiger partial charge in [0.05, 0.1) is 37.7 Å². The fraction of sp³-hybridized carbons (Fsp3) is 0.619. The van der Waals surface area contributed by atoms with Crippen LogP contribution in [0.3, 0.4) is 0 Å². The van der Waals surface area contributed by atoms with Crippen molar-refractivity contribution in [2.75, 3.05) is 25.6 Å². The monoisotopic (exact) mass is 447 g/mol. The van der Waals surface area contributed by atoms with Gasteiger partial charge in [0.25, 0.3) is 0 Å². The highest BCUT2D eigenvalue weighted by molar-refractivity contribution is 7.99. The topological polar surface area (TPSA) is 100 Å². The third-order valence-corrected chi connectivity index (χ3v) is 6.30. The molecule has 1 amide bonds. The quantitative estimate of drug-likeness (QED) is 0.617. The fourth-order valence-corrected chi connectivity index (χ4v) is 4.45. The van der Waals surface area contributed by atoms with E-state index in [1.807, 2.05) is 18.2 Å². The molecular weight excluding hydrogens is 418 g/mol. The number of hydrogen-bond acceptors (Lipinski definition) is 8. The van der Waals surface area contributed by atoms with Gasteiger partial charge in [0.1, 0.15) is 0 Å². The van der Waals surface area contributed by atoms with Gasteiger partial charge in [-0.2, -0.15) is 0 Å². The lowest BCUT2D eigenvalue weighted by Gasteiger charge is -2.24. The second-order valence-corrected chi connectivity index (χ2v) is 9.06. The van der Waals surface area contributed by atoms with E-state index in [4.69, 9.17) is 14.2 Å². The molecule has 0 unspecified atom stereocenters. The number of amides is 1. The van der Waals surface area contributed by atoms with Crippen LogP contribution < -0.4 is 14.8 Å². The van der Waals surface area contributed by atoms with Crippen molar-refractivity contribution >= 4 is 17.7 Å². The van der Waals surface area contributed by atoms with Crippen molar-refractivity contribution in [1.82, 2.24) is 25.5 Å². The molecule has 4 rings (SSSR count). The summed E-state index contributed by atoms with van der Waals surface area (Å²) in [5, 5.41) is 15.6. The van der Waals surface area contributed by atoms with Crippen LogP contribution in [-0.4, -0.2) is 57.8 Å². The summed E-state index contributed by atoms with van der Waals surface area (Å²) in [5.74, 6) is 1.87. The number of nitrogens with one attached hydrogen (secondary N) is 1. The van der Waals surface area contributed by atoms with Crippen LogP contribution in [-0.2, 0) is 16.1 Å². The molecular formula is C21H29N5O4S. The van der Waals surface area contributed by atoms with Crippen molar-refractivity contribution in [1.29, 1.82) is 0 Å². The van der Waals surface area contributed by atoms with E-state index in [0.717, 1.165) is 42.9 Å². The van der Waals surface area contributed by atoms with E-state index < -0.39 is 0 Å². The molecule has 1 N–H and O–H groups in total. The normalized spacial score (nSPS) is 19.3. The molecule has 9 nitrogen and oxygen atoms in total. The fourth-order valence-electron chi connectivity index (χ4n) is 3.75. The number of carbonyl (C=O) groups excluding carboxylic acids is 1. The zero-order chi connectivity index (χ0) is 21.6. The Morgan fingerprint density at radius 1 is 1.23 bits per heavy atom. The minimum absolute atomic E-state index is 0.0672. The van der Waals surface area contributed by atoms with Crippen LogP contribution in [0.4, 0.5) is 0 Å². The van der Waals surface area contributed by atoms with Gasteiger partial charge < -0.3 is 19.5 Å². The lowest BCUT2D eigenvalue weighted by Crippen LogP contribution is -2.33. The number of thioether (sulfide) groups is 1. The van der Waals surface area contributed by atoms with E-state index in [1.54, 1.807) is 4.68 Å². The van der Waals surface area contributed by atoms with Crippen LogP contribution in [0.1, 0.15) is 44.7 Å². The van der Waals surface area contributed by atoms with Gasteiger partial charge in [-0.15, -0.1) is 5.10 Å². The van der Waals surface area contributed by atoms with E-state index in [-0.39, 0.29) is 29.7 Å². The summed E-state index contributed by atoms with van der Waals surface area (Å²) in [6, 6.07) is 5.76. The Hall–Kier alpha value is -2.33. The predicted octanol–water partition coefficient (Wildman–Crippen LogP) is 2.62. The van der Waals surface area contributed by atoms with E-state index in [2.05, 4.69) is 34.7 Å². The number of nitrogens with zero attached hydrogens (tertiary/aromatic N) is 4. The first-order chi connectivity index (χ1) is 15.1. The summed E-state index contributed by atoms with van der Waals surface area (Å²) in [5.41, 5.74) is 1.00. The van der Waals surface area contributed by atoms with Gasteiger partial charge in [0.15, 0.2) is 11.5 Å². The second kappa shape index (κ2) is 10.3. The molecule has 0 spiro atoms. The molecule has 3 heterocycles. The number of fused-ring (bicyclic) bond motifs is 1. The Labute approximate surface area is 186 Å². The minimum atomic E-state index is -0.131. The molecule has 168 valence electrons. The molecule has 1 fully saturated rings. The number of aromatic nitrogens is 4. The van der Waals surface area contributed by atoms with Crippen LogP contribution in [0.2, 0.25) is 0 Å². The summed E-state index contributed by atoms with van der Waals surface area (Å²) in [7, 11) is 0. The van der Waals surface area contributed by atoms with Gasteiger partial charge in [-0.25, -0.2) is 4.68 Å². The van der Waals surface area contributed by atoms with Crippen molar-refractivity contribution in [2.45, 2.75) is 57.0 Å². The Morgan fingerprint density at radius 2 is 2.06 bits per heavy atom. The van der Waals surface area contributed by atoms with Crippen LogP contribution in [0, 0.1) is 5.92 Å². The average molecular weight is 448 g/mol. The number of benzene rings is 1. The highest BCUT2D eigenvalue weighted by atomic mass is 32.2. The molecule has 2 aliphatic rings. The lowest BCUT2D eigenvalue weighted by molar-refractivity contribution is -0.119. The third kappa shape index (κ3) is 5.68. The largest absolute Gasteiger partial charge is 0.490 e. The number of ether oxygens (including phenoxy) is 3. The summed E-state index contributed by atoms with van der Waals surface area (Å²) in [6.45, 7) is 6.86. The van der Waals surface area contributed by atoms with Gasteiger partial charge >= 0.3 is 0 Å². The zero-order valence-electron chi connectivity index (χ0n) is 18.0. The summed E-state index contributed by atoms with van der Waals surface area (Å²) in [6.07, 6.45) is 3.07. The Balaban J connectivity index is 1.36. The lowest BCUT2D eigenvalue weighted by atomic mass is 9.95. The molecule has 31 heavy (non-hydrogen) atoms. The van der Waals surface area contributed by atoms with Gasteiger partial charge in [-0.1, -0.05) is 31.7 Å². The predicted molar refractivity (Wildman–Crippen MR) is 115 cm³/mol. The molecule has 1 aromatic heterocycles. The molecule has 0 radical (unpaired) electrons. The van der Waals surface area contributed by atoms with Crippen molar-refractivity contribution in [2.24, 2.45) is 5.92 Å². The van der Waals surface area contributed by atoms with E-state index in [0.29, 0.717) is 24.9 Å².